The van der Waals surface area contributed by atoms with Crippen LogP contribution < -0.4 is 0 Å². The van der Waals surface area contributed by atoms with Gasteiger partial charge in [0.25, 0.3) is 0 Å². The average Bonchev–Trinajstić information content (AvgIpc) is 2.38. The van der Waals surface area contributed by atoms with Crippen LogP contribution in [0, 0.1) is 0 Å². The van der Waals surface area contributed by atoms with E-state index < -0.39 is 5.97 Å². The van der Waals surface area contributed by atoms with Crippen LogP contribution in [0.2, 0.25) is 5.02 Å². The van der Waals surface area contributed by atoms with Gasteiger partial charge in [0.1, 0.15) is 0 Å². The number of carbonyl (C=O) groups is 1. The highest BCUT2D eigenvalue weighted by molar-refractivity contribution is 6.38. The van der Waals surface area contributed by atoms with E-state index in [-0.39, 0.29) is 0 Å². The Morgan fingerprint density at radius 1 is 1.42 bits per heavy atom. The van der Waals surface area contributed by atoms with Crippen molar-refractivity contribution in [3.63, 3.8) is 0 Å². The number of para-hydroxylation sites is 1. The molecule has 0 amide bonds. The fraction of sp³-hybridized carbons (Fsp3) is 0.333. The van der Waals surface area contributed by atoms with Gasteiger partial charge in [-0.15, -0.1) is 0 Å². The molecule has 0 aliphatic heterocycles. The zero-order chi connectivity index (χ0) is 14.0. The van der Waals surface area contributed by atoms with Gasteiger partial charge in [0.2, 0.25) is 0 Å². The Balaban J connectivity index is 2.63. The summed E-state index contributed by atoms with van der Waals surface area (Å²) in [6, 6.07) is 5.83. The topological polar surface area (TPSA) is 39.2 Å². The molecule has 0 fully saturated rings. The molecule has 3 nitrogen and oxygen atoms in total. The van der Waals surface area contributed by atoms with Gasteiger partial charge in [-0.3, -0.25) is 4.98 Å². The molecule has 1 aromatic heterocycles. The molecule has 0 radical (unpaired) electrons. The van der Waals surface area contributed by atoms with Crippen LogP contribution in [0.3, 0.4) is 0 Å². The van der Waals surface area contributed by atoms with Crippen LogP contribution in [0.25, 0.3) is 10.9 Å². The van der Waals surface area contributed by atoms with Crippen molar-refractivity contribution in [2.75, 3.05) is 6.61 Å². The monoisotopic (exact) mass is 277 g/mol. The predicted molar refractivity (Wildman–Crippen MR) is 76.8 cm³/mol. The molecule has 1 heterocycles. The highest BCUT2D eigenvalue weighted by atomic mass is 35.5. The third-order valence-corrected chi connectivity index (χ3v) is 3.39. The van der Waals surface area contributed by atoms with Crippen LogP contribution in [0.5, 0.6) is 0 Å². The van der Waals surface area contributed by atoms with Crippen molar-refractivity contribution in [3.8, 4) is 0 Å². The number of rotatable bonds is 3. The number of aromatic nitrogens is 1. The van der Waals surface area contributed by atoms with Gasteiger partial charge in [-0.2, -0.15) is 0 Å². The summed E-state index contributed by atoms with van der Waals surface area (Å²) in [7, 11) is 0. The second-order valence-corrected chi connectivity index (χ2v) is 4.98. The normalized spacial score (nSPS) is 11.0. The predicted octanol–water partition coefficient (Wildman–Crippen LogP) is 4.19. The number of pyridine rings is 1. The summed E-state index contributed by atoms with van der Waals surface area (Å²) >= 11 is 6.31. The highest BCUT2D eigenvalue weighted by Gasteiger charge is 2.16. The molecule has 2 rings (SSSR count). The number of carbonyl (C=O) groups excluding carboxylic acids is 1. The molecule has 0 unspecified atom stereocenters. The van der Waals surface area contributed by atoms with E-state index in [1.165, 1.54) is 6.20 Å². The number of nitrogens with zero attached hydrogens (tertiary/aromatic N) is 1. The van der Waals surface area contributed by atoms with Crippen LogP contribution in [0.15, 0.2) is 24.4 Å². The van der Waals surface area contributed by atoms with E-state index in [0.29, 0.717) is 23.1 Å². The van der Waals surface area contributed by atoms with Crippen molar-refractivity contribution in [1.82, 2.24) is 4.98 Å². The summed E-state index contributed by atoms with van der Waals surface area (Å²) in [6.07, 6.45) is 1.49. The number of halogens is 1. The lowest BCUT2D eigenvalue weighted by Crippen LogP contribution is -2.06. The molecule has 0 aliphatic carbocycles. The molecule has 100 valence electrons. The van der Waals surface area contributed by atoms with Crippen molar-refractivity contribution in [1.29, 1.82) is 0 Å². The lowest BCUT2D eigenvalue weighted by molar-refractivity contribution is 0.0526. The van der Waals surface area contributed by atoms with E-state index in [9.17, 15) is 4.79 Å². The minimum absolute atomic E-state index is 0.317. The smallest absolute Gasteiger partial charge is 0.341 e. The largest absolute Gasteiger partial charge is 0.462 e. The van der Waals surface area contributed by atoms with Crippen LogP contribution in [-0.4, -0.2) is 17.6 Å². The van der Waals surface area contributed by atoms with Crippen LogP contribution in [0.4, 0.5) is 0 Å². The Kier molecular flexibility index (Phi) is 4.05. The fourth-order valence-corrected chi connectivity index (χ4v) is 2.31. The SMILES string of the molecule is CCOC(=O)c1cnc2c(C(C)C)cccc2c1Cl. The highest BCUT2D eigenvalue weighted by Crippen LogP contribution is 2.30. The Hall–Kier alpha value is -1.61. The minimum atomic E-state index is -0.433. The summed E-state index contributed by atoms with van der Waals surface area (Å²) in [4.78, 5) is 16.2. The number of esters is 1. The van der Waals surface area contributed by atoms with Crippen LogP contribution in [-0.2, 0) is 4.74 Å². The molecule has 0 atom stereocenters. The van der Waals surface area contributed by atoms with Crippen molar-refractivity contribution in [2.24, 2.45) is 0 Å². The summed E-state index contributed by atoms with van der Waals surface area (Å²) in [5, 5.41) is 1.20. The zero-order valence-corrected chi connectivity index (χ0v) is 12.0. The molecule has 0 aliphatic rings. The molecule has 2 aromatic rings. The summed E-state index contributed by atoms with van der Waals surface area (Å²) in [5.41, 5.74) is 2.28. The van der Waals surface area contributed by atoms with E-state index in [2.05, 4.69) is 18.8 Å². The standard InChI is InChI=1S/C15H16ClNO2/c1-4-19-15(18)12-8-17-14-10(9(2)3)6-5-7-11(14)13(12)16/h5-9H,4H2,1-3H3. The van der Waals surface area contributed by atoms with E-state index in [1.807, 2.05) is 18.2 Å². The first-order valence-corrected chi connectivity index (χ1v) is 6.68. The third-order valence-electron chi connectivity index (χ3n) is 2.98. The molecule has 0 bridgehead atoms. The Bertz CT molecular complexity index is 623. The van der Waals surface area contributed by atoms with Crippen molar-refractivity contribution >= 4 is 28.5 Å². The lowest BCUT2D eigenvalue weighted by atomic mass is 9.99. The quantitative estimate of drug-likeness (QED) is 0.790. The molecule has 4 heteroatoms. The molecule has 19 heavy (non-hydrogen) atoms. The number of hydrogen-bond acceptors (Lipinski definition) is 3. The van der Waals surface area contributed by atoms with Gasteiger partial charge < -0.3 is 4.74 Å². The first-order valence-electron chi connectivity index (χ1n) is 6.30. The third kappa shape index (κ3) is 2.56. The Morgan fingerprint density at radius 2 is 2.16 bits per heavy atom. The van der Waals surface area contributed by atoms with E-state index in [4.69, 9.17) is 16.3 Å². The van der Waals surface area contributed by atoms with E-state index >= 15 is 0 Å². The van der Waals surface area contributed by atoms with Gasteiger partial charge >= 0.3 is 5.97 Å². The molecule has 1 aromatic carbocycles. The maximum atomic E-state index is 11.8. The van der Waals surface area contributed by atoms with Crippen molar-refractivity contribution in [3.05, 3.63) is 40.5 Å². The van der Waals surface area contributed by atoms with E-state index in [0.717, 1.165) is 16.5 Å². The molecular weight excluding hydrogens is 262 g/mol. The number of benzene rings is 1. The first kappa shape index (κ1) is 13.8. The van der Waals surface area contributed by atoms with Gasteiger partial charge in [0.15, 0.2) is 0 Å². The fourth-order valence-electron chi connectivity index (χ4n) is 2.03. The number of hydrogen-bond donors (Lipinski definition) is 0. The van der Waals surface area contributed by atoms with Crippen molar-refractivity contribution < 1.29 is 9.53 Å². The summed E-state index contributed by atoms with van der Waals surface area (Å²) in [6.45, 7) is 6.28. The van der Waals surface area contributed by atoms with Gasteiger partial charge in [0, 0.05) is 11.6 Å². The van der Waals surface area contributed by atoms with Crippen molar-refractivity contribution in [2.45, 2.75) is 26.7 Å². The van der Waals surface area contributed by atoms with Crippen LogP contribution in [0.1, 0.15) is 42.6 Å². The lowest BCUT2D eigenvalue weighted by Gasteiger charge is -2.11. The van der Waals surface area contributed by atoms with E-state index in [1.54, 1.807) is 6.92 Å². The maximum absolute atomic E-state index is 11.8. The van der Waals surface area contributed by atoms with Gasteiger partial charge in [-0.05, 0) is 18.4 Å². The average molecular weight is 278 g/mol. The minimum Gasteiger partial charge on any atom is -0.462 e. The molecule has 0 saturated heterocycles. The summed E-state index contributed by atoms with van der Waals surface area (Å²) in [5.74, 6) is -0.0856. The Morgan fingerprint density at radius 3 is 2.79 bits per heavy atom. The van der Waals surface area contributed by atoms with Gasteiger partial charge in [0.05, 0.1) is 22.7 Å². The number of fused-ring (bicyclic) bond motifs is 1. The zero-order valence-electron chi connectivity index (χ0n) is 11.2. The van der Waals surface area contributed by atoms with Gasteiger partial charge in [-0.25, -0.2) is 4.79 Å². The summed E-state index contributed by atoms with van der Waals surface area (Å²) < 4.78 is 4.97. The van der Waals surface area contributed by atoms with Crippen LogP contribution >= 0.6 is 11.6 Å². The Labute approximate surface area is 117 Å². The molecule has 0 saturated carbocycles. The molecular formula is C15H16ClNO2. The molecule has 0 N–H and O–H groups in total. The second-order valence-electron chi connectivity index (χ2n) is 4.60. The van der Waals surface area contributed by atoms with Gasteiger partial charge in [-0.1, -0.05) is 43.6 Å². The first-order chi connectivity index (χ1) is 9.06. The maximum Gasteiger partial charge on any atom is 0.341 e. The second kappa shape index (κ2) is 5.57. The molecule has 0 spiro atoms. The number of ether oxygens (including phenoxy) is 1.